The largest absolute Gasteiger partial charge is 0.495 e. The van der Waals surface area contributed by atoms with Crippen molar-refractivity contribution < 1.29 is 23.9 Å². The summed E-state index contributed by atoms with van der Waals surface area (Å²) in [4.78, 5) is 42.3. The number of amidine groups is 1. The van der Waals surface area contributed by atoms with Crippen molar-refractivity contribution >= 4 is 46.1 Å². The molecule has 9 heteroatoms. The first kappa shape index (κ1) is 21.4. The Balaban J connectivity index is 1.73. The van der Waals surface area contributed by atoms with Crippen LogP contribution in [-0.2, 0) is 14.3 Å². The standard InChI is InChI=1S/C21H21N3O5S/c1-22-21(23-15-6-4-5-7-16(15)28-2)30-17-12-18(25)24(19(17)26)14-10-8-13(9-11-14)20(27)29-3/h4-11,17H,12H2,1-3H3,(H,22,23)/t17-/m1/s1. The van der Waals surface area contributed by atoms with Crippen LogP contribution in [0.15, 0.2) is 53.5 Å². The van der Waals surface area contributed by atoms with E-state index >= 15 is 0 Å². The molecule has 0 saturated carbocycles. The van der Waals surface area contributed by atoms with Gasteiger partial charge in [-0.3, -0.25) is 14.6 Å². The second kappa shape index (κ2) is 9.45. The number of para-hydroxylation sites is 2. The Kier molecular flexibility index (Phi) is 6.73. The van der Waals surface area contributed by atoms with Crippen LogP contribution < -0.4 is 15.0 Å². The summed E-state index contributed by atoms with van der Waals surface area (Å²) in [6, 6.07) is 13.5. The molecule has 1 aliphatic heterocycles. The highest BCUT2D eigenvalue weighted by Crippen LogP contribution is 2.32. The van der Waals surface area contributed by atoms with E-state index in [0.717, 1.165) is 4.90 Å². The predicted molar refractivity (Wildman–Crippen MR) is 116 cm³/mol. The molecule has 0 radical (unpaired) electrons. The lowest BCUT2D eigenvalue weighted by Crippen LogP contribution is -2.31. The molecule has 1 atom stereocenters. The van der Waals surface area contributed by atoms with Crippen LogP contribution in [0.25, 0.3) is 0 Å². The molecule has 0 bridgehead atoms. The van der Waals surface area contributed by atoms with E-state index in [9.17, 15) is 14.4 Å². The fourth-order valence-corrected chi connectivity index (χ4v) is 3.94. The fraction of sp³-hybridized carbons (Fsp3) is 0.238. The van der Waals surface area contributed by atoms with Gasteiger partial charge in [-0.15, -0.1) is 0 Å². The lowest BCUT2D eigenvalue weighted by molar-refractivity contribution is -0.121. The van der Waals surface area contributed by atoms with E-state index in [1.807, 2.05) is 24.3 Å². The van der Waals surface area contributed by atoms with Crippen LogP contribution in [-0.4, -0.2) is 49.5 Å². The number of aliphatic imine (C=N–C) groups is 1. The fourth-order valence-electron chi connectivity index (χ4n) is 2.97. The minimum absolute atomic E-state index is 0.0505. The third kappa shape index (κ3) is 4.46. The Morgan fingerprint density at radius 2 is 1.83 bits per heavy atom. The van der Waals surface area contributed by atoms with Gasteiger partial charge >= 0.3 is 5.97 Å². The average Bonchev–Trinajstić information content (AvgIpc) is 3.05. The minimum Gasteiger partial charge on any atom is -0.495 e. The number of thioether (sulfide) groups is 1. The Hall–Kier alpha value is -3.33. The monoisotopic (exact) mass is 427 g/mol. The average molecular weight is 427 g/mol. The molecule has 0 spiro atoms. The van der Waals surface area contributed by atoms with Crippen LogP contribution in [0.1, 0.15) is 16.8 Å². The molecule has 2 aromatic carbocycles. The van der Waals surface area contributed by atoms with Crippen molar-refractivity contribution in [1.29, 1.82) is 0 Å². The first-order valence-electron chi connectivity index (χ1n) is 9.07. The topological polar surface area (TPSA) is 97.3 Å². The first-order chi connectivity index (χ1) is 14.5. The molecular formula is C21H21N3O5S. The van der Waals surface area contributed by atoms with Crippen molar-refractivity contribution in [1.82, 2.24) is 0 Å². The lowest BCUT2D eigenvalue weighted by atomic mass is 10.2. The molecular weight excluding hydrogens is 406 g/mol. The van der Waals surface area contributed by atoms with Crippen molar-refractivity contribution in [2.75, 3.05) is 31.5 Å². The summed E-state index contributed by atoms with van der Waals surface area (Å²) in [5.41, 5.74) is 1.46. The Labute approximate surface area is 178 Å². The molecule has 156 valence electrons. The molecule has 2 aromatic rings. The number of ether oxygens (including phenoxy) is 2. The molecule has 8 nitrogen and oxygen atoms in total. The van der Waals surface area contributed by atoms with E-state index in [-0.39, 0.29) is 18.2 Å². The van der Waals surface area contributed by atoms with Gasteiger partial charge < -0.3 is 14.8 Å². The number of benzene rings is 2. The van der Waals surface area contributed by atoms with Crippen LogP contribution in [0.3, 0.4) is 0 Å². The van der Waals surface area contributed by atoms with E-state index in [2.05, 4.69) is 15.0 Å². The molecule has 1 fully saturated rings. The normalized spacial score (nSPS) is 16.6. The number of amides is 2. The number of esters is 1. The van der Waals surface area contributed by atoms with E-state index < -0.39 is 11.2 Å². The van der Waals surface area contributed by atoms with Gasteiger partial charge in [-0.1, -0.05) is 23.9 Å². The molecule has 1 aliphatic rings. The van der Waals surface area contributed by atoms with Gasteiger partial charge in [0.1, 0.15) is 11.0 Å². The molecule has 3 rings (SSSR count). The molecule has 30 heavy (non-hydrogen) atoms. The van der Waals surface area contributed by atoms with Gasteiger partial charge in [0.15, 0.2) is 5.17 Å². The second-order valence-corrected chi connectivity index (χ2v) is 7.46. The maximum atomic E-state index is 12.9. The number of rotatable bonds is 5. The Bertz CT molecular complexity index is 990. The molecule has 1 saturated heterocycles. The zero-order valence-electron chi connectivity index (χ0n) is 16.7. The van der Waals surface area contributed by atoms with Gasteiger partial charge in [0.2, 0.25) is 11.8 Å². The smallest absolute Gasteiger partial charge is 0.337 e. The number of methoxy groups -OCH3 is 2. The van der Waals surface area contributed by atoms with Crippen LogP contribution in [0.4, 0.5) is 11.4 Å². The number of imide groups is 1. The van der Waals surface area contributed by atoms with Gasteiger partial charge in [-0.05, 0) is 36.4 Å². The molecule has 0 aliphatic carbocycles. The highest BCUT2D eigenvalue weighted by Gasteiger charge is 2.40. The summed E-state index contributed by atoms with van der Waals surface area (Å²) in [6.07, 6.45) is 0.0505. The lowest BCUT2D eigenvalue weighted by Gasteiger charge is -2.16. The first-order valence-corrected chi connectivity index (χ1v) is 9.95. The summed E-state index contributed by atoms with van der Waals surface area (Å²) in [7, 11) is 4.46. The number of carbonyl (C=O) groups excluding carboxylic acids is 3. The van der Waals surface area contributed by atoms with E-state index in [1.165, 1.54) is 31.0 Å². The number of hydrogen-bond donors (Lipinski definition) is 1. The number of hydrogen-bond acceptors (Lipinski definition) is 7. The van der Waals surface area contributed by atoms with E-state index in [4.69, 9.17) is 4.74 Å². The predicted octanol–water partition coefficient (Wildman–Crippen LogP) is 2.94. The maximum absolute atomic E-state index is 12.9. The highest BCUT2D eigenvalue weighted by atomic mass is 32.2. The van der Waals surface area contributed by atoms with Gasteiger partial charge in [0.05, 0.1) is 31.2 Å². The zero-order chi connectivity index (χ0) is 21.7. The second-order valence-electron chi connectivity index (χ2n) is 6.27. The zero-order valence-corrected chi connectivity index (χ0v) is 17.6. The van der Waals surface area contributed by atoms with Gasteiger partial charge in [0, 0.05) is 13.5 Å². The summed E-state index contributed by atoms with van der Waals surface area (Å²) >= 11 is 1.19. The minimum atomic E-state index is -0.612. The number of nitrogens with zero attached hydrogens (tertiary/aromatic N) is 2. The summed E-state index contributed by atoms with van der Waals surface area (Å²) in [5, 5.41) is 3.03. The summed E-state index contributed by atoms with van der Waals surface area (Å²) in [5.74, 6) is -0.490. The van der Waals surface area contributed by atoms with Crippen molar-refractivity contribution in [3.05, 3.63) is 54.1 Å². The van der Waals surface area contributed by atoms with Crippen molar-refractivity contribution in [3.63, 3.8) is 0 Å². The van der Waals surface area contributed by atoms with Crippen LogP contribution in [0, 0.1) is 0 Å². The molecule has 0 unspecified atom stereocenters. The Morgan fingerprint density at radius 1 is 1.13 bits per heavy atom. The SMILES string of the molecule is CN=C(Nc1ccccc1OC)S[C@@H]1CC(=O)N(c2ccc(C(=O)OC)cc2)C1=O. The highest BCUT2D eigenvalue weighted by molar-refractivity contribution is 8.15. The third-order valence-electron chi connectivity index (χ3n) is 4.46. The van der Waals surface area contributed by atoms with Gasteiger partial charge in [0.25, 0.3) is 0 Å². The summed E-state index contributed by atoms with van der Waals surface area (Å²) in [6.45, 7) is 0. The maximum Gasteiger partial charge on any atom is 0.337 e. The van der Waals surface area contributed by atoms with E-state index in [1.54, 1.807) is 26.3 Å². The molecule has 1 N–H and O–H groups in total. The number of anilines is 2. The van der Waals surface area contributed by atoms with Crippen LogP contribution >= 0.6 is 11.8 Å². The van der Waals surface area contributed by atoms with Gasteiger partial charge in [-0.2, -0.15) is 0 Å². The quantitative estimate of drug-likeness (QED) is 0.339. The molecule has 2 amide bonds. The van der Waals surface area contributed by atoms with Crippen LogP contribution in [0.2, 0.25) is 0 Å². The Morgan fingerprint density at radius 3 is 2.47 bits per heavy atom. The molecule has 0 aromatic heterocycles. The number of nitrogens with one attached hydrogen (secondary N) is 1. The van der Waals surface area contributed by atoms with Crippen LogP contribution in [0.5, 0.6) is 5.75 Å². The van der Waals surface area contributed by atoms with Crippen molar-refractivity contribution in [3.8, 4) is 5.75 Å². The van der Waals surface area contributed by atoms with E-state index in [0.29, 0.717) is 27.9 Å². The van der Waals surface area contributed by atoms with Crippen molar-refractivity contribution in [2.24, 2.45) is 4.99 Å². The third-order valence-corrected chi connectivity index (χ3v) is 5.62. The molecule has 1 heterocycles. The number of carbonyl (C=O) groups is 3. The summed E-state index contributed by atoms with van der Waals surface area (Å²) < 4.78 is 9.98. The van der Waals surface area contributed by atoms with Crippen molar-refractivity contribution in [2.45, 2.75) is 11.7 Å². The van der Waals surface area contributed by atoms with Gasteiger partial charge in [-0.25, -0.2) is 9.69 Å².